The van der Waals surface area contributed by atoms with E-state index in [0.717, 1.165) is 15.8 Å². The molecule has 0 unspecified atom stereocenters. The molecule has 0 fully saturated rings. The molecule has 0 bridgehead atoms. The molecule has 2 aromatic carbocycles. The van der Waals surface area contributed by atoms with Crippen LogP contribution >= 0.6 is 11.3 Å². The highest BCUT2D eigenvalue weighted by Crippen LogP contribution is 2.22. The van der Waals surface area contributed by atoms with Gasteiger partial charge in [0.2, 0.25) is 5.76 Å². The maximum atomic E-state index is 12.2. The van der Waals surface area contributed by atoms with Crippen LogP contribution in [0.4, 0.5) is 0 Å². The Hall–Kier alpha value is -2.99. The van der Waals surface area contributed by atoms with Gasteiger partial charge in [-0.25, -0.2) is 9.78 Å². The van der Waals surface area contributed by atoms with E-state index in [1.807, 2.05) is 37.3 Å². The van der Waals surface area contributed by atoms with Gasteiger partial charge in [0, 0.05) is 6.07 Å². The van der Waals surface area contributed by atoms with E-state index in [0.29, 0.717) is 16.0 Å². The summed E-state index contributed by atoms with van der Waals surface area (Å²) in [6.07, 6.45) is 0. The van der Waals surface area contributed by atoms with Crippen LogP contribution in [0.3, 0.4) is 0 Å². The number of carbonyl (C=O) groups is 1. The predicted octanol–water partition coefficient (Wildman–Crippen LogP) is 4.07. The van der Waals surface area contributed by atoms with Crippen molar-refractivity contribution in [1.29, 1.82) is 0 Å². The van der Waals surface area contributed by atoms with Gasteiger partial charge in [-0.3, -0.25) is 4.79 Å². The number of carbonyl (C=O) groups excluding carboxylic acids is 1. The molecule has 0 atom stereocenters. The van der Waals surface area contributed by atoms with E-state index >= 15 is 0 Å². The maximum absolute atomic E-state index is 12.2. The summed E-state index contributed by atoms with van der Waals surface area (Å²) in [5, 5.41) is 1.14. The van der Waals surface area contributed by atoms with Gasteiger partial charge in [-0.1, -0.05) is 23.8 Å². The first-order valence-corrected chi connectivity index (χ1v) is 8.48. The van der Waals surface area contributed by atoms with Gasteiger partial charge >= 0.3 is 5.97 Å². The number of benzene rings is 2. The molecular formula is C19H13NO4S. The second-order valence-electron chi connectivity index (χ2n) is 5.63. The van der Waals surface area contributed by atoms with Gasteiger partial charge in [-0.15, -0.1) is 11.3 Å². The zero-order valence-corrected chi connectivity index (χ0v) is 14.1. The summed E-state index contributed by atoms with van der Waals surface area (Å²) in [4.78, 5) is 28.8. The van der Waals surface area contributed by atoms with E-state index in [-0.39, 0.29) is 17.8 Å². The highest BCUT2D eigenvalue weighted by Gasteiger charge is 2.15. The Labute approximate surface area is 146 Å². The maximum Gasteiger partial charge on any atom is 0.374 e. The van der Waals surface area contributed by atoms with E-state index < -0.39 is 5.97 Å². The number of esters is 1. The third-order valence-corrected chi connectivity index (χ3v) is 4.76. The number of aryl methyl sites for hydroxylation is 1. The first-order chi connectivity index (χ1) is 12.1. The van der Waals surface area contributed by atoms with Crippen molar-refractivity contribution in [3.8, 4) is 0 Å². The Morgan fingerprint density at radius 1 is 1.20 bits per heavy atom. The van der Waals surface area contributed by atoms with Crippen LogP contribution < -0.4 is 5.43 Å². The fraction of sp³-hybridized carbons (Fsp3) is 0.105. The van der Waals surface area contributed by atoms with Crippen LogP contribution in [0, 0.1) is 6.92 Å². The molecular weight excluding hydrogens is 338 g/mol. The van der Waals surface area contributed by atoms with Crippen LogP contribution in [-0.2, 0) is 11.3 Å². The number of ether oxygens (including phenoxy) is 1. The van der Waals surface area contributed by atoms with Crippen LogP contribution in [-0.4, -0.2) is 11.0 Å². The number of hydrogen-bond acceptors (Lipinski definition) is 6. The zero-order chi connectivity index (χ0) is 17.4. The lowest BCUT2D eigenvalue weighted by Gasteiger charge is -2.04. The molecule has 0 aliphatic heterocycles. The second-order valence-corrected chi connectivity index (χ2v) is 6.74. The number of rotatable bonds is 3. The highest BCUT2D eigenvalue weighted by atomic mass is 32.1. The van der Waals surface area contributed by atoms with E-state index in [4.69, 9.17) is 9.15 Å². The minimum absolute atomic E-state index is 0.0355. The lowest BCUT2D eigenvalue weighted by atomic mass is 10.1. The summed E-state index contributed by atoms with van der Waals surface area (Å²) in [7, 11) is 0. The predicted molar refractivity (Wildman–Crippen MR) is 96.0 cm³/mol. The fourth-order valence-corrected chi connectivity index (χ4v) is 3.43. The first-order valence-electron chi connectivity index (χ1n) is 7.66. The number of nitrogens with zero attached hydrogens (tertiary/aromatic N) is 1. The molecule has 5 nitrogen and oxygen atoms in total. The summed E-state index contributed by atoms with van der Waals surface area (Å²) in [5.41, 5.74) is 1.92. The van der Waals surface area contributed by atoms with Crippen molar-refractivity contribution in [2.24, 2.45) is 0 Å². The molecule has 0 saturated heterocycles. The van der Waals surface area contributed by atoms with Crippen molar-refractivity contribution < 1.29 is 13.9 Å². The Morgan fingerprint density at radius 3 is 2.88 bits per heavy atom. The van der Waals surface area contributed by atoms with Crippen molar-refractivity contribution in [3.05, 3.63) is 75.1 Å². The van der Waals surface area contributed by atoms with Crippen molar-refractivity contribution in [2.75, 3.05) is 0 Å². The molecule has 2 aromatic heterocycles. The molecule has 0 spiro atoms. The number of para-hydroxylation sites is 1. The lowest BCUT2D eigenvalue weighted by Crippen LogP contribution is -2.10. The average molecular weight is 351 g/mol. The molecule has 0 aliphatic carbocycles. The van der Waals surface area contributed by atoms with Gasteiger partial charge in [-0.2, -0.15) is 0 Å². The SMILES string of the molecule is Cc1ccc2oc(C(=O)OCc3nc4ccccc4s3)cc(=O)c2c1. The van der Waals surface area contributed by atoms with Crippen LogP contribution in [0.25, 0.3) is 21.2 Å². The lowest BCUT2D eigenvalue weighted by molar-refractivity contribution is 0.0436. The molecule has 124 valence electrons. The van der Waals surface area contributed by atoms with Crippen molar-refractivity contribution in [3.63, 3.8) is 0 Å². The van der Waals surface area contributed by atoms with Crippen LogP contribution in [0.1, 0.15) is 21.1 Å². The van der Waals surface area contributed by atoms with Crippen LogP contribution in [0.5, 0.6) is 0 Å². The molecule has 0 aliphatic rings. The fourth-order valence-electron chi connectivity index (χ4n) is 2.55. The number of fused-ring (bicyclic) bond motifs is 2. The van der Waals surface area contributed by atoms with Gasteiger partial charge < -0.3 is 9.15 Å². The van der Waals surface area contributed by atoms with Crippen LogP contribution in [0.2, 0.25) is 0 Å². The summed E-state index contributed by atoms with van der Waals surface area (Å²) >= 11 is 1.46. The summed E-state index contributed by atoms with van der Waals surface area (Å²) in [6, 6.07) is 14.1. The smallest absolute Gasteiger partial charge is 0.374 e. The van der Waals surface area contributed by atoms with Crippen LogP contribution in [0.15, 0.2) is 57.7 Å². The first kappa shape index (κ1) is 15.5. The molecule has 0 radical (unpaired) electrons. The minimum atomic E-state index is -0.682. The molecule has 0 saturated carbocycles. The van der Waals surface area contributed by atoms with Gasteiger partial charge in [-0.05, 0) is 31.2 Å². The minimum Gasteiger partial charge on any atom is -0.452 e. The van der Waals surface area contributed by atoms with E-state index in [9.17, 15) is 9.59 Å². The number of thiazole rings is 1. The Kier molecular flexibility index (Phi) is 3.82. The molecule has 0 N–H and O–H groups in total. The van der Waals surface area contributed by atoms with Crippen molar-refractivity contribution in [1.82, 2.24) is 4.98 Å². The molecule has 4 aromatic rings. The second kappa shape index (κ2) is 6.14. The summed E-state index contributed by atoms with van der Waals surface area (Å²) in [6.45, 7) is 1.92. The normalized spacial score (nSPS) is 11.1. The van der Waals surface area contributed by atoms with Crippen molar-refractivity contribution >= 4 is 38.5 Å². The monoisotopic (exact) mass is 351 g/mol. The number of aromatic nitrogens is 1. The third kappa shape index (κ3) is 3.04. The van der Waals surface area contributed by atoms with Gasteiger partial charge in [0.1, 0.15) is 17.2 Å². The highest BCUT2D eigenvalue weighted by molar-refractivity contribution is 7.18. The molecule has 6 heteroatoms. The molecule has 25 heavy (non-hydrogen) atoms. The van der Waals surface area contributed by atoms with E-state index in [2.05, 4.69) is 4.98 Å². The van der Waals surface area contributed by atoms with Gasteiger partial charge in [0.15, 0.2) is 5.43 Å². The van der Waals surface area contributed by atoms with E-state index in [1.165, 1.54) is 17.4 Å². The quantitative estimate of drug-likeness (QED) is 0.521. The average Bonchev–Trinajstić information content (AvgIpc) is 3.03. The van der Waals surface area contributed by atoms with Crippen molar-refractivity contribution in [2.45, 2.75) is 13.5 Å². The topological polar surface area (TPSA) is 69.4 Å². The Balaban J connectivity index is 1.57. The Bertz CT molecular complexity index is 1130. The molecule has 0 amide bonds. The summed E-state index contributed by atoms with van der Waals surface area (Å²) in [5.74, 6) is -0.790. The summed E-state index contributed by atoms with van der Waals surface area (Å²) < 4.78 is 11.8. The third-order valence-electron chi connectivity index (χ3n) is 3.75. The zero-order valence-electron chi connectivity index (χ0n) is 13.3. The van der Waals surface area contributed by atoms with E-state index in [1.54, 1.807) is 12.1 Å². The largest absolute Gasteiger partial charge is 0.452 e. The van der Waals surface area contributed by atoms with Gasteiger partial charge in [0.05, 0.1) is 15.6 Å². The standard InChI is InChI=1S/C19H13NO4S/c1-11-6-7-15-12(8-11)14(21)9-16(24-15)19(22)23-10-18-20-13-4-2-3-5-17(13)25-18/h2-9H,10H2,1H3. The molecule has 2 heterocycles. The molecule has 4 rings (SSSR count). The number of hydrogen-bond donors (Lipinski definition) is 0. The Morgan fingerprint density at radius 2 is 2.04 bits per heavy atom. The van der Waals surface area contributed by atoms with Gasteiger partial charge in [0.25, 0.3) is 0 Å².